The van der Waals surface area contributed by atoms with Gasteiger partial charge in [-0.05, 0) is 69.5 Å². The largest absolute Gasteiger partial charge is 0.352 e. The number of carbonyl (C=O) groups is 2. The first-order chi connectivity index (χ1) is 18.0. The zero-order valence-corrected chi connectivity index (χ0v) is 23.7. The second-order valence-corrected chi connectivity index (χ2v) is 11.7. The molecule has 0 spiro atoms. The number of sulfonamides is 1. The summed E-state index contributed by atoms with van der Waals surface area (Å²) in [6, 6.07) is 21.6. The molecule has 0 aliphatic rings. The SMILES string of the molecule is Cc1ccc(Cl)cc1N(CC(=O)N(CCc1ccccc1)C(C)C(=O)NC(C)C)S(=O)(=O)c1ccccc1. The van der Waals surface area contributed by atoms with Gasteiger partial charge >= 0.3 is 0 Å². The highest BCUT2D eigenvalue weighted by Crippen LogP contribution is 2.29. The van der Waals surface area contributed by atoms with Gasteiger partial charge in [0.05, 0.1) is 10.6 Å². The summed E-state index contributed by atoms with van der Waals surface area (Å²) in [6.45, 7) is 6.85. The van der Waals surface area contributed by atoms with Crippen molar-refractivity contribution in [2.45, 2.75) is 51.1 Å². The lowest BCUT2D eigenvalue weighted by Gasteiger charge is -2.32. The molecule has 0 aromatic heterocycles. The molecule has 1 atom stereocenters. The second-order valence-electron chi connectivity index (χ2n) is 9.42. The zero-order valence-electron chi connectivity index (χ0n) is 22.1. The van der Waals surface area contributed by atoms with Crippen molar-refractivity contribution >= 4 is 39.1 Å². The molecule has 0 bridgehead atoms. The molecule has 0 aliphatic heterocycles. The van der Waals surface area contributed by atoms with Crippen molar-refractivity contribution in [2.75, 3.05) is 17.4 Å². The summed E-state index contributed by atoms with van der Waals surface area (Å²) in [4.78, 5) is 28.3. The number of anilines is 1. The van der Waals surface area contributed by atoms with Gasteiger partial charge in [0.1, 0.15) is 12.6 Å². The van der Waals surface area contributed by atoms with Gasteiger partial charge in [-0.2, -0.15) is 0 Å². The quantitative estimate of drug-likeness (QED) is 0.367. The van der Waals surface area contributed by atoms with Gasteiger partial charge in [0, 0.05) is 17.6 Å². The Labute approximate surface area is 230 Å². The van der Waals surface area contributed by atoms with Gasteiger partial charge in [-0.3, -0.25) is 13.9 Å². The smallest absolute Gasteiger partial charge is 0.264 e. The summed E-state index contributed by atoms with van der Waals surface area (Å²) in [7, 11) is -4.13. The van der Waals surface area contributed by atoms with E-state index in [1.54, 1.807) is 44.2 Å². The van der Waals surface area contributed by atoms with Gasteiger partial charge in [-0.25, -0.2) is 8.42 Å². The minimum Gasteiger partial charge on any atom is -0.352 e. The molecule has 202 valence electrons. The van der Waals surface area contributed by atoms with Crippen LogP contribution in [0.2, 0.25) is 5.02 Å². The monoisotopic (exact) mass is 555 g/mol. The number of halogens is 1. The Morgan fingerprint density at radius 1 is 0.921 bits per heavy atom. The minimum atomic E-state index is -4.13. The molecule has 0 radical (unpaired) electrons. The summed E-state index contributed by atoms with van der Waals surface area (Å²) in [5.74, 6) is -0.802. The highest BCUT2D eigenvalue weighted by atomic mass is 35.5. The normalized spacial score (nSPS) is 12.2. The zero-order chi connectivity index (χ0) is 27.9. The topological polar surface area (TPSA) is 86.8 Å². The number of aryl methyl sites for hydroxylation is 1. The summed E-state index contributed by atoms with van der Waals surface area (Å²) in [6.07, 6.45) is 0.507. The maximum Gasteiger partial charge on any atom is 0.264 e. The van der Waals surface area contributed by atoms with Gasteiger partial charge in [-0.15, -0.1) is 0 Å². The molecule has 0 saturated carbocycles. The van der Waals surface area contributed by atoms with Crippen LogP contribution in [-0.4, -0.2) is 50.3 Å². The first-order valence-corrected chi connectivity index (χ1v) is 14.3. The Bertz CT molecular complexity index is 1350. The van der Waals surface area contributed by atoms with Gasteiger partial charge in [0.25, 0.3) is 10.0 Å². The van der Waals surface area contributed by atoms with E-state index in [2.05, 4.69) is 5.32 Å². The molecule has 0 fully saturated rings. The van der Waals surface area contributed by atoms with Crippen molar-refractivity contribution in [3.8, 4) is 0 Å². The highest BCUT2D eigenvalue weighted by Gasteiger charge is 2.33. The van der Waals surface area contributed by atoms with E-state index in [1.165, 1.54) is 23.1 Å². The standard InChI is InChI=1S/C29H34ClN3O4S/c1-21(2)31-29(35)23(4)32(18-17-24-11-7-5-8-12-24)28(34)20-33(27-19-25(30)16-15-22(27)3)38(36,37)26-13-9-6-10-14-26/h5-16,19,21,23H,17-18,20H2,1-4H3,(H,31,35). The average molecular weight is 556 g/mol. The van der Waals surface area contributed by atoms with Crippen LogP contribution in [0.15, 0.2) is 83.8 Å². The molecule has 1 unspecified atom stereocenters. The second kappa shape index (κ2) is 12.9. The lowest BCUT2D eigenvalue weighted by atomic mass is 10.1. The molecular weight excluding hydrogens is 522 g/mol. The van der Waals surface area contributed by atoms with Crippen LogP contribution < -0.4 is 9.62 Å². The Hall–Kier alpha value is -3.36. The first kappa shape index (κ1) is 29.2. The summed E-state index contributed by atoms with van der Waals surface area (Å²) < 4.78 is 28.7. The molecule has 2 amide bonds. The van der Waals surface area contributed by atoms with Crippen LogP contribution in [-0.2, 0) is 26.0 Å². The fourth-order valence-electron chi connectivity index (χ4n) is 4.06. The van der Waals surface area contributed by atoms with Crippen LogP contribution in [0.5, 0.6) is 0 Å². The average Bonchev–Trinajstić information content (AvgIpc) is 2.89. The van der Waals surface area contributed by atoms with E-state index in [4.69, 9.17) is 11.6 Å². The van der Waals surface area contributed by atoms with E-state index in [1.807, 2.05) is 44.2 Å². The lowest BCUT2D eigenvalue weighted by Crippen LogP contribution is -2.53. The van der Waals surface area contributed by atoms with Crippen LogP contribution >= 0.6 is 11.6 Å². The van der Waals surface area contributed by atoms with Crippen molar-refractivity contribution in [3.63, 3.8) is 0 Å². The lowest BCUT2D eigenvalue weighted by molar-refractivity contribution is -0.139. The van der Waals surface area contributed by atoms with Gasteiger partial charge in [0.2, 0.25) is 11.8 Å². The third-order valence-corrected chi connectivity index (χ3v) is 8.14. The van der Waals surface area contributed by atoms with Gasteiger partial charge in [0.15, 0.2) is 0 Å². The molecule has 0 heterocycles. The Kier molecular flexibility index (Phi) is 9.94. The number of nitrogens with one attached hydrogen (secondary N) is 1. The predicted octanol–water partition coefficient (Wildman–Crippen LogP) is 4.83. The summed E-state index contributed by atoms with van der Waals surface area (Å²) >= 11 is 6.24. The number of nitrogens with zero attached hydrogens (tertiary/aromatic N) is 2. The van der Waals surface area contributed by atoms with Crippen molar-refractivity contribution in [1.29, 1.82) is 0 Å². The number of hydrogen-bond donors (Lipinski definition) is 1. The van der Waals surface area contributed by atoms with E-state index in [-0.39, 0.29) is 23.4 Å². The fourth-order valence-corrected chi connectivity index (χ4v) is 5.72. The number of benzene rings is 3. The fraction of sp³-hybridized carbons (Fsp3) is 0.310. The molecule has 0 saturated heterocycles. The third-order valence-electron chi connectivity index (χ3n) is 6.13. The highest BCUT2D eigenvalue weighted by molar-refractivity contribution is 7.92. The first-order valence-electron chi connectivity index (χ1n) is 12.5. The maximum absolute atomic E-state index is 13.9. The molecule has 38 heavy (non-hydrogen) atoms. The van der Waals surface area contributed by atoms with Crippen LogP contribution in [0.1, 0.15) is 31.9 Å². The third kappa shape index (κ3) is 7.36. The molecule has 9 heteroatoms. The van der Waals surface area contributed by atoms with Crippen molar-refractivity contribution in [3.05, 3.63) is 95.0 Å². The summed E-state index contributed by atoms with van der Waals surface area (Å²) in [5.41, 5.74) is 1.95. The van der Waals surface area contributed by atoms with E-state index >= 15 is 0 Å². The molecular formula is C29H34ClN3O4S. The Morgan fingerprint density at radius 3 is 2.13 bits per heavy atom. The van der Waals surface area contributed by atoms with Crippen LogP contribution in [0, 0.1) is 6.92 Å². The van der Waals surface area contributed by atoms with Crippen molar-refractivity contribution in [1.82, 2.24) is 10.2 Å². The molecule has 0 aliphatic carbocycles. The van der Waals surface area contributed by atoms with Crippen LogP contribution in [0.4, 0.5) is 5.69 Å². The van der Waals surface area contributed by atoms with Crippen molar-refractivity contribution in [2.24, 2.45) is 0 Å². The number of amides is 2. The van der Waals surface area contributed by atoms with Crippen LogP contribution in [0.3, 0.4) is 0 Å². The number of carbonyl (C=O) groups excluding carboxylic acids is 2. The van der Waals surface area contributed by atoms with Gasteiger partial charge in [-0.1, -0.05) is 66.2 Å². The number of hydrogen-bond acceptors (Lipinski definition) is 4. The van der Waals surface area contributed by atoms with E-state index < -0.39 is 28.5 Å². The number of rotatable bonds is 11. The molecule has 3 aromatic carbocycles. The molecule has 1 N–H and O–H groups in total. The van der Waals surface area contributed by atoms with E-state index in [0.29, 0.717) is 22.7 Å². The van der Waals surface area contributed by atoms with Crippen LogP contribution in [0.25, 0.3) is 0 Å². The van der Waals surface area contributed by atoms with Crippen molar-refractivity contribution < 1.29 is 18.0 Å². The predicted molar refractivity (Wildman–Crippen MR) is 152 cm³/mol. The Morgan fingerprint density at radius 2 is 1.53 bits per heavy atom. The minimum absolute atomic E-state index is 0.0496. The molecule has 3 rings (SSSR count). The Balaban J connectivity index is 2.01. The van der Waals surface area contributed by atoms with E-state index in [9.17, 15) is 18.0 Å². The summed E-state index contributed by atoms with van der Waals surface area (Å²) in [5, 5.41) is 3.20. The van der Waals surface area contributed by atoms with Gasteiger partial charge < -0.3 is 10.2 Å². The molecule has 7 nitrogen and oxygen atoms in total. The maximum atomic E-state index is 13.9. The molecule has 3 aromatic rings. The van der Waals surface area contributed by atoms with E-state index in [0.717, 1.165) is 9.87 Å².